The number of aryl methyl sites for hydroxylation is 1. The van der Waals surface area contributed by atoms with Gasteiger partial charge >= 0.3 is 0 Å². The summed E-state index contributed by atoms with van der Waals surface area (Å²) in [6.07, 6.45) is 6.43. The van der Waals surface area contributed by atoms with Crippen molar-refractivity contribution in [2.75, 3.05) is 7.11 Å². The molecule has 158 valence electrons. The van der Waals surface area contributed by atoms with Gasteiger partial charge in [0.05, 0.1) is 22.5 Å². The van der Waals surface area contributed by atoms with Gasteiger partial charge in [0.15, 0.2) is 0 Å². The number of nitrogens with zero attached hydrogens (tertiary/aromatic N) is 3. The molecule has 0 aliphatic carbocycles. The molecule has 0 bridgehead atoms. The molecule has 0 radical (unpaired) electrons. The van der Waals surface area contributed by atoms with Gasteiger partial charge in [0.25, 0.3) is 5.91 Å². The van der Waals surface area contributed by atoms with Gasteiger partial charge in [-0.25, -0.2) is 18.4 Å². The second-order valence-electron chi connectivity index (χ2n) is 6.94. The molecule has 0 spiro atoms. The Morgan fingerprint density at radius 1 is 1.13 bits per heavy atom. The Hall–Kier alpha value is -3.72. The summed E-state index contributed by atoms with van der Waals surface area (Å²) in [6.45, 7) is 1.98. The van der Waals surface area contributed by atoms with E-state index < -0.39 is 9.84 Å². The molecule has 0 aliphatic rings. The average molecular weight is 436 g/mol. The van der Waals surface area contributed by atoms with Crippen LogP contribution < -0.4 is 10.1 Å². The van der Waals surface area contributed by atoms with Crippen LogP contribution in [0.15, 0.2) is 77.0 Å². The molecule has 9 heteroatoms. The number of aromatic nitrogens is 3. The van der Waals surface area contributed by atoms with Crippen molar-refractivity contribution in [1.82, 2.24) is 19.7 Å². The highest BCUT2D eigenvalue weighted by atomic mass is 32.2. The number of ether oxygens (including phenoxy) is 1. The lowest BCUT2D eigenvalue weighted by molar-refractivity contribution is 0.0950. The number of rotatable bonds is 6. The number of sulfone groups is 1. The van der Waals surface area contributed by atoms with Crippen LogP contribution in [-0.4, -0.2) is 35.8 Å². The third-order valence-corrected chi connectivity index (χ3v) is 6.80. The molecule has 0 saturated carbocycles. The number of carbonyl (C=O) groups excluding carboxylic acids is 1. The zero-order valence-electron chi connectivity index (χ0n) is 16.9. The van der Waals surface area contributed by atoms with Gasteiger partial charge in [-0.05, 0) is 48.4 Å². The van der Waals surface area contributed by atoms with E-state index >= 15 is 0 Å². The lowest BCUT2D eigenvalue weighted by Crippen LogP contribution is -2.23. The highest BCUT2D eigenvalue weighted by Crippen LogP contribution is 2.27. The minimum atomic E-state index is -3.66. The van der Waals surface area contributed by atoms with Gasteiger partial charge < -0.3 is 10.1 Å². The topological polar surface area (TPSA) is 103 Å². The normalized spacial score (nSPS) is 11.4. The molecule has 4 rings (SSSR count). The second kappa shape index (κ2) is 8.19. The molecule has 8 nitrogen and oxygen atoms in total. The molecule has 0 unspecified atom stereocenters. The highest BCUT2D eigenvalue weighted by molar-refractivity contribution is 7.91. The Morgan fingerprint density at radius 2 is 1.90 bits per heavy atom. The summed E-state index contributed by atoms with van der Waals surface area (Å²) < 4.78 is 32.8. The van der Waals surface area contributed by atoms with Crippen LogP contribution >= 0.6 is 0 Å². The standard InChI is InChI=1S/C22H20N4O4S/c1-15-11-18(30-2)5-8-20(15)31(28,29)19-6-3-16(4-7-19)12-24-21(27)17-13-25-22-23-9-10-26(22)14-17/h3-11,13-14H,12H2,1-2H3,(H,24,27). The lowest BCUT2D eigenvalue weighted by atomic mass is 10.2. The van der Waals surface area contributed by atoms with Gasteiger partial charge in [0.1, 0.15) is 5.75 Å². The minimum absolute atomic E-state index is 0.186. The van der Waals surface area contributed by atoms with Crippen LogP contribution in [0, 0.1) is 6.92 Å². The monoisotopic (exact) mass is 436 g/mol. The predicted octanol–water partition coefficient (Wildman–Crippen LogP) is 2.81. The van der Waals surface area contributed by atoms with Crippen LogP contribution in [-0.2, 0) is 16.4 Å². The molecule has 0 atom stereocenters. The first-order valence-electron chi connectivity index (χ1n) is 9.44. The largest absolute Gasteiger partial charge is 0.497 e. The zero-order chi connectivity index (χ0) is 22.0. The first-order valence-corrected chi connectivity index (χ1v) is 10.9. The summed E-state index contributed by atoms with van der Waals surface area (Å²) in [6, 6.07) is 11.3. The van der Waals surface area contributed by atoms with Gasteiger partial charge in [0.2, 0.25) is 15.6 Å². The van der Waals surface area contributed by atoms with Gasteiger partial charge in [-0.2, -0.15) is 0 Å². The van der Waals surface area contributed by atoms with Crippen molar-refractivity contribution in [2.24, 2.45) is 0 Å². The minimum Gasteiger partial charge on any atom is -0.497 e. The summed E-state index contributed by atoms with van der Waals surface area (Å²) >= 11 is 0. The molecule has 2 aromatic heterocycles. The van der Waals surface area contributed by atoms with E-state index in [2.05, 4.69) is 15.3 Å². The van der Waals surface area contributed by atoms with Crippen LogP contribution in [0.4, 0.5) is 0 Å². The number of fused-ring (bicyclic) bond motifs is 1. The van der Waals surface area contributed by atoms with Gasteiger partial charge in [0, 0.05) is 31.3 Å². The summed E-state index contributed by atoms with van der Waals surface area (Å²) in [4.78, 5) is 21.0. The third-order valence-electron chi connectivity index (χ3n) is 4.87. The number of imidazole rings is 1. The summed E-state index contributed by atoms with van der Waals surface area (Å²) in [5.41, 5.74) is 1.79. The fourth-order valence-corrected chi connectivity index (χ4v) is 4.66. The summed E-state index contributed by atoms with van der Waals surface area (Å²) in [5, 5.41) is 2.81. The van der Waals surface area contributed by atoms with Crippen molar-refractivity contribution in [3.05, 3.63) is 83.9 Å². The number of hydrogen-bond donors (Lipinski definition) is 1. The molecular weight excluding hydrogens is 416 g/mol. The predicted molar refractivity (Wildman–Crippen MR) is 114 cm³/mol. The number of nitrogens with one attached hydrogen (secondary N) is 1. The zero-order valence-corrected chi connectivity index (χ0v) is 17.8. The van der Waals surface area contributed by atoms with E-state index in [0.29, 0.717) is 22.7 Å². The lowest BCUT2D eigenvalue weighted by Gasteiger charge is -2.10. The molecule has 2 heterocycles. The van der Waals surface area contributed by atoms with Gasteiger partial charge in [-0.15, -0.1) is 0 Å². The molecule has 4 aromatic rings. The molecular formula is C22H20N4O4S. The number of hydrogen-bond acceptors (Lipinski definition) is 6. The number of benzene rings is 2. The van der Waals surface area contributed by atoms with Crippen molar-refractivity contribution >= 4 is 21.5 Å². The fraction of sp³-hybridized carbons (Fsp3) is 0.136. The van der Waals surface area contributed by atoms with Crippen LogP contribution in [0.25, 0.3) is 5.78 Å². The molecule has 1 N–H and O–H groups in total. The van der Waals surface area contributed by atoms with E-state index in [0.717, 1.165) is 5.56 Å². The van der Waals surface area contributed by atoms with Crippen molar-refractivity contribution in [3.8, 4) is 5.75 Å². The Labute approximate surface area is 179 Å². The Kier molecular flexibility index (Phi) is 5.43. The van der Waals surface area contributed by atoms with E-state index in [1.807, 2.05) is 0 Å². The Morgan fingerprint density at radius 3 is 2.61 bits per heavy atom. The van der Waals surface area contributed by atoms with E-state index in [1.165, 1.54) is 13.3 Å². The fourth-order valence-electron chi connectivity index (χ4n) is 3.18. The maximum absolute atomic E-state index is 13.0. The van der Waals surface area contributed by atoms with E-state index in [9.17, 15) is 13.2 Å². The molecule has 1 amide bonds. The smallest absolute Gasteiger partial charge is 0.254 e. The SMILES string of the molecule is COc1ccc(S(=O)(=O)c2ccc(CNC(=O)c3cnc4nccn4c3)cc2)c(C)c1. The number of carbonyl (C=O) groups is 1. The molecule has 2 aromatic carbocycles. The summed E-state index contributed by atoms with van der Waals surface area (Å²) in [5.74, 6) is 0.832. The van der Waals surface area contributed by atoms with Gasteiger partial charge in [-0.1, -0.05) is 12.1 Å². The van der Waals surface area contributed by atoms with Crippen LogP contribution in [0.3, 0.4) is 0 Å². The quantitative estimate of drug-likeness (QED) is 0.499. The van der Waals surface area contributed by atoms with Crippen LogP contribution in [0.1, 0.15) is 21.5 Å². The Bertz CT molecular complexity index is 1360. The first-order chi connectivity index (χ1) is 14.9. The average Bonchev–Trinajstić information content (AvgIpc) is 3.25. The van der Waals surface area contributed by atoms with Crippen LogP contribution in [0.5, 0.6) is 5.75 Å². The maximum atomic E-state index is 13.0. The molecule has 0 aliphatic heterocycles. The van der Waals surface area contributed by atoms with Crippen molar-refractivity contribution in [1.29, 1.82) is 0 Å². The Balaban J connectivity index is 1.47. The van der Waals surface area contributed by atoms with Gasteiger partial charge in [-0.3, -0.25) is 9.20 Å². The molecule has 0 fully saturated rings. The van der Waals surface area contributed by atoms with E-state index in [4.69, 9.17) is 4.74 Å². The highest BCUT2D eigenvalue weighted by Gasteiger charge is 2.20. The maximum Gasteiger partial charge on any atom is 0.254 e. The number of amides is 1. The van der Waals surface area contributed by atoms with E-state index in [-0.39, 0.29) is 22.2 Å². The van der Waals surface area contributed by atoms with Crippen molar-refractivity contribution in [2.45, 2.75) is 23.3 Å². The second-order valence-corrected chi connectivity index (χ2v) is 8.86. The number of methoxy groups -OCH3 is 1. The summed E-state index contributed by atoms with van der Waals surface area (Å²) in [7, 11) is -2.13. The third kappa shape index (κ3) is 4.13. The van der Waals surface area contributed by atoms with Crippen molar-refractivity contribution < 1.29 is 17.9 Å². The van der Waals surface area contributed by atoms with E-state index in [1.54, 1.807) is 72.4 Å². The first kappa shape index (κ1) is 20.5. The van der Waals surface area contributed by atoms with Crippen LogP contribution in [0.2, 0.25) is 0 Å². The van der Waals surface area contributed by atoms with Crippen molar-refractivity contribution in [3.63, 3.8) is 0 Å². The molecule has 31 heavy (non-hydrogen) atoms. The molecule has 0 saturated heterocycles.